The first-order valence-corrected chi connectivity index (χ1v) is 9.48. The summed E-state index contributed by atoms with van der Waals surface area (Å²) in [6.07, 6.45) is -1.19. The zero-order valence-electron chi connectivity index (χ0n) is 15.9. The molecule has 13 heteroatoms. The summed E-state index contributed by atoms with van der Waals surface area (Å²) in [4.78, 5) is 41.7. The number of para-hydroxylation sites is 1. The Morgan fingerprint density at radius 2 is 1.81 bits per heavy atom. The lowest BCUT2D eigenvalue weighted by Gasteiger charge is -2.17. The Morgan fingerprint density at radius 1 is 1.03 bits per heavy atom. The van der Waals surface area contributed by atoms with E-state index in [2.05, 4.69) is 29.8 Å². The number of carbonyl (C=O) groups excluding carboxylic acids is 2. The van der Waals surface area contributed by atoms with Crippen LogP contribution < -0.4 is 16.4 Å². The Balaban J connectivity index is 1.61. The highest BCUT2D eigenvalue weighted by molar-refractivity contribution is 7.17. The van der Waals surface area contributed by atoms with Gasteiger partial charge in [-0.05, 0) is 24.3 Å². The summed E-state index contributed by atoms with van der Waals surface area (Å²) in [7, 11) is 1.79. The third kappa shape index (κ3) is 4.30. The molecule has 0 radical (unpaired) electrons. The lowest BCUT2D eigenvalue weighted by atomic mass is 10.3. The number of aromatic nitrogens is 5. The van der Waals surface area contributed by atoms with Crippen LogP contribution in [0.25, 0.3) is 22.4 Å². The fraction of sp³-hybridized carbons (Fsp3) is 0.0556. The van der Waals surface area contributed by atoms with Gasteiger partial charge in [-0.25, -0.2) is 9.59 Å². The monoisotopic (exact) mass is 438 g/mol. The molecule has 12 nitrogen and oxygen atoms in total. The minimum Gasteiger partial charge on any atom is -0.372 e. The first-order chi connectivity index (χ1) is 14.9. The van der Waals surface area contributed by atoms with Crippen LogP contribution in [-0.2, 0) is 4.74 Å². The molecular weight excluding hydrogens is 424 g/mol. The number of rotatable bonds is 5. The van der Waals surface area contributed by atoms with Crippen molar-refractivity contribution in [3.8, 4) is 22.4 Å². The number of hydrogen-bond donors (Lipinski definition) is 2. The standard InChI is InChI=1S/C18H14N8O4S/c1-26(9-5-3-2-4-6-9)18-23-12(22-16(19)24-18)13-21-14(30-25-13)10-7-8-11(31-10)15(27)29-17(20)28/h2-8H,1H3,(H2,20,28)(H2,19,22,23,24). The average Bonchev–Trinajstić information content (AvgIpc) is 3.43. The van der Waals surface area contributed by atoms with Crippen LogP contribution in [-0.4, -0.2) is 44.2 Å². The summed E-state index contributed by atoms with van der Waals surface area (Å²) in [6, 6.07) is 12.5. The van der Waals surface area contributed by atoms with Crippen molar-refractivity contribution in [2.24, 2.45) is 5.73 Å². The number of primary amides is 1. The second-order valence-corrected chi connectivity index (χ2v) is 7.09. The molecule has 1 amide bonds. The van der Waals surface area contributed by atoms with Crippen molar-refractivity contribution in [3.63, 3.8) is 0 Å². The number of nitrogen functional groups attached to an aromatic ring is 1. The number of nitrogens with two attached hydrogens (primary N) is 2. The third-order valence-electron chi connectivity index (χ3n) is 3.92. The molecule has 0 bridgehead atoms. The normalized spacial score (nSPS) is 10.6. The van der Waals surface area contributed by atoms with Gasteiger partial charge in [0.05, 0.1) is 4.88 Å². The number of ether oxygens (including phenoxy) is 1. The van der Waals surface area contributed by atoms with Gasteiger partial charge in [0.15, 0.2) is 0 Å². The fourth-order valence-corrected chi connectivity index (χ4v) is 3.32. The molecule has 0 aliphatic carbocycles. The van der Waals surface area contributed by atoms with Crippen molar-refractivity contribution in [2.75, 3.05) is 17.7 Å². The van der Waals surface area contributed by atoms with E-state index in [9.17, 15) is 9.59 Å². The number of amides is 1. The van der Waals surface area contributed by atoms with Crippen molar-refractivity contribution in [1.82, 2.24) is 25.1 Å². The van der Waals surface area contributed by atoms with Gasteiger partial charge in [0.1, 0.15) is 4.88 Å². The van der Waals surface area contributed by atoms with Gasteiger partial charge in [0.2, 0.25) is 23.5 Å². The number of hydrogen-bond acceptors (Lipinski definition) is 12. The lowest BCUT2D eigenvalue weighted by Crippen LogP contribution is -2.17. The molecule has 4 N–H and O–H groups in total. The van der Waals surface area contributed by atoms with E-state index in [1.165, 1.54) is 6.07 Å². The minimum atomic E-state index is -1.19. The first kappa shape index (κ1) is 19.9. The molecule has 31 heavy (non-hydrogen) atoms. The number of esters is 1. The Kier molecular flexibility index (Phi) is 5.24. The molecule has 3 heterocycles. The highest BCUT2D eigenvalue weighted by atomic mass is 32.1. The molecule has 156 valence electrons. The van der Waals surface area contributed by atoms with Crippen LogP contribution in [0.3, 0.4) is 0 Å². The number of anilines is 3. The molecule has 0 saturated carbocycles. The van der Waals surface area contributed by atoms with E-state index < -0.39 is 12.1 Å². The van der Waals surface area contributed by atoms with Crippen LogP contribution in [0.4, 0.5) is 22.4 Å². The number of thiophene rings is 1. The predicted molar refractivity (Wildman–Crippen MR) is 110 cm³/mol. The maximum absolute atomic E-state index is 11.8. The summed E-state index contributed by atoms with van der Waals surface area (Å²) in [5.41, 5.74) is 11.5. The van der Waals surface area contributed by atoms with Crippen molar-refractivity contribution < 1.29 is 18.8 Å². The van der Waals surface area contributed by atoms with E-state index in [-0.39, 0.29) is 28.4 Å². The molecule has 0 saturated heterocycles. The van der Waals surface area contributed by atoms with Gasteiger partial charge in [-0.15, -0.1) is 11.3 Å². The van der Waals surface area contributed by atoms with Gasteiger partial charge in [-0.1, -0.05) is 23.4 Å². The maximum atomic E-state index is 11.8. The zero-order valence-corrected chi connectivity index (χ0v) is 16.7. The van der Waals surface area contributed by atoms with E-state index in [1.807, 2.05) is 30.3 Å². The van der Waals surface area contributed by atoms with Gasteiger partial charge in [-0.3, -0.25) is 0 Å². The quantitative estimate of drug-likeness (QED) is 0.345. The smallest absolute Gasteiger partial charge is 0.372 e. The minimum absolute atomic E-state index is 0.0123. The highest BCUT2D eigenvalue weighted by Gasteiger charge is 2.20. The topological polar surface area (TPSA) is 176 Å². The SMILES string of the molecule is CN(c1ccccc1)c1nc(N)nc(-c2noc(-c3ccc(C(=O)OC(N)=O)s3)n2)n1. The second-order valence-electron chi connectivity index (χ2n) is 6.01. The Morgan fingerprint density at radius 3 is 2.55 bits per heavy atom. The van der Waals surface area contributed by atoms with E-state index in [4.69, 9.17) is 16.0 Å². The summed E-state index contributed by atoms with van der Waals surface area (Å²) in [6.45, 7) is 0. The van der Waals surface area contributed by atoms with Crippen molar-refractivity contribution in [2.45, 2.75) is 0 Å². The Hall–Kier alpha value is -4.39. The Labute approximate surface area is 178 Å². The molecule has 0 aliphatic heterocycles. The summed E-state index contributed by atoms with van der Waals surface area (Å²) in [5, 5.41) is 3.88. The molecule has 0 spiro atoms. The molecule has 4 aromatic rings. The largest absolute Gasteiger partial charge is 0.412 e. The van der Waals surface area contributed by atoms with Gasteiger partial charge in [-0.2, -0.15) is 19.9 Å². The van der Waals surface area contributed by atoms with Crippen LogP contribution in [0.5, 0.6) is 0 Å². The van der Waals surface area contributed by atoms with E-state index in [1.54, 1.807) is 18.0 Å². The second kappa shape index (κ2) is 8.16. The van der Waals surface area contributed by atoms with Gasteiger partial charge < -0.3 is 25.6 Å². The molecule has 0 unspecified atom stereocenters. The first-order valence-electron chi connectivity index (χ1n) is 8.67. The molecule has 4 rings (SSSR count). The zero-order chi connectivity index (χ0) is 22.0. The lowest BCUT2D eigenvalue weighted by molar-refractivity contribution is 0.0643. The van der Waals surface area contributed by atoms with Gasteiger partial charge in [0, 0.05) is 12.7 Å². The molecule has 0 fully saturated rings. The molecule has 3 aromatic heterocycles. The Bertz CT molecular complexity index is 1260. The van der Waals surface area contributed by atoms with E-state index in [0.717, 1.165) is 17.0 Å². The predicted octanol–water partition coefficient (Wildman–Crippen LogP) is 2.24. The molecule has 0 atom stereocenters. The number of nitrogens with zero attached hydrogens (tertiary/aromatic N) is 6. The summed E-state index contributed by atoms with van der Waals surface area (Å²) < 4.78 is 9.60. The van der Waals surface area contributed by atoms with Crippen LogP contribution in [0, 0.1) is 0 Å². The number of carbonyl (C=O) groups is 2. The van der Waals surface area contributed by atoms with Gasteiger partial charge in [0.25, 0.3) is 5.89 Å². The van der Waals surface area contributed by atoms with Crippen LogP contribution >= 0.6 is 11.3 Å². The van der Waals surface area contributed by atoms with Crippen LogP contribution in [0.15, 0.2) is 47.0 Å². The molecule has 1 aromatic carbocycles. The van der Waals surface area contributed by atoms with Gasteiger partial charge >= 0.3 is 12.1 Å². The summed E-state index contributed by atoms with van der Waals surface area (Å²) >= 11 is 0.988. The van der Waals surface area contributed by atoms with E-state index in [0.29, 0.717) is 10.8 Å². The van der Waals surface area contributed by atoms with Crippen molar-refractivity contribution in [1.29, 1.82) is 0 Å². The average molecular weight is 438 g/mol. The van der Waals surface area contributed by atoms with E-state index >= 15 is 0 Å². The third-order valence-corrected chi connectivity index (χ3v) is 4.97. The summed E-state index contributed by atoms with van der Waals surface area (Å²) in [5.74, 6) is -0.265. The fourth-order valence-electron chi connectivity index (χ4n) is 2.52. The maximum Gasteiger partial charge on any atom is 0.412 e. The van der Waals surface area contributed by atoms with Crippen LogP contribution in [0.1, 0.15) is 9.67 Å². The molecule has 0 aliphatic rings. The van der Waals surface area contributed by atoms with Crippen molar-refractivity contribution >= 4 is 41.0 Å². The number of benzene rings is 1. The molecular formula is C18H14N8O4S. The van der Waals surface area contributed by atoms with Crippen molar-refractivity contribution in [3.05, 3.63) is 47.3 Å². The van der Waals surface area contributed by atoms with Crippen LogP contribution in [0.2, 0.25) is 0 Å². The highest BCUT2D eigenvalue weighted by Crippen LogP contribution is 2.29.